The highest BCUT2D eigenvalue weighted by Crippen LogP contribution is 2.26. The van der Waals surface area contributed by atoms with Crippen molar-refractivity contribution in [1.29, 1.82) is 0 Å². The molecule has 0 radical (unpaired) electrons. The van der Waals surface area contributed by atoms with E-state index in [1.165, 1.54) is 0 Å². The molecule has 8 nitrogen and oxygen atoms in total. The van der Waals surface area contributed by atoms with Crippen LogP contribution < -0.4 is 16.0 Å². The summed E-state index contributed by atoms with van der Waals surface area (Å²) in [7, 11) is 0. The van der Waals surface area contributed by atoms with Gasteiger partial charge in [0.15, 0.2) is 11.5 Å². The minimum absolute atomic E-state index is 0.0542. The minimum Gasteiger partial charge on any atom is -0.367 e. The molecule has 0 saturated heterocycles. The smallest absolute Gasteiger partial charge is 0.275 e. The van der Waals surface area contributed by atoms with Crippen LogP contribution in [0.2, 0.25) is 0 Å². The number of anilines is 2. The number of carbonyl (C=O) groups is 2. The largest absolute Gasteiger partial charge is 0.367 e. The molecule has 1 aliphatic carbocycles. The molecule has 0 spiro atoms. The second-order valence-electron chi connectivity index (χ2n) is 9.23. The fraction of sp³-hybridized carbons (Fsp3) is 0.259. The van der Waals surface area contributed by atoms with Gasteiger partial charge >= 0.3 is 0 Å². The van der Waals surface area contributed by atoms with E-state index in [1.807, 2.05) is 59.0 Å². The number of amides is 2. The first kappa shape index (κ1) is 22.6. The van der Waals surface area contributed by atoms with Crippen LogP contribution in [0.4, 0.5) is 11.5 Å². The maximum Gasteiger partial charge on any atom is 0.275 e. The average molecular weight is 469 g/mol. The molecule has 5 rings (SSSR count). The van der Waals surface area contributed by atoms with E-state index >= 15 is 0 Å². The second-order valence-corrected chi connectivity index (χ2v) is 9.23. The molecule has 2 aromatic carbocycles. The highest BCUT2D eigenvalue weighted by molar-refractivity contribution is 6.03. The van der Waals surface area contributed by atoms with Gasteiger partial charge < -0.3 is 16.0 Å². The number of imidazole rings is 1. The summed E-state index contributed by atoms with van der Waals surface area (Å²) >= 11 is 0. The van der Waals surface area contributed by atoms with Crippen LogP contribution in [-0.4, -0.2) is 38.8 Å². The number of aromatic nitrogens is 3. The van der Waals surface area contributed by atoms with Crippen LogP contribution in [0.5, 0.6) is 0 Å². The van der Waals surface area contributed by atoms with E-state index in [2.05, 4.69) is 39.8 Å². The lowest BCUT2D eigenvalue weighted by Crippen LogP contribution is -2.25. The van der Waals surface area contributed by atoms with Crippen molar-refractivity contribution in [2.75, 3.05) is 17.2 Å². The number of fused-ring (bicyclic) bond motifs is 1. The third kappa shape index (κ3) is 5.16. The van der Waals surface area contributed by atoms with Crippen LogP contribution in [0, 0.1) is 5.92 Å². The molecule has 2 amide bonds. The predicted octanol–water partition coefficient (Wildman–Crippen LogP) is 4.61. The number of carbonyl (C=O) groups excluding carboxylic acids is 2. The molecule has 8 heteroatoms. The Morgan fingerprint density at radius 3 is 2.46 bits per heavy atom. The van der Waals surface area contributed by atoms with Crippen molar-refractivity contribution in [3.8, 4) is 11.3 Å². The number of nitrogens with one attached hydrogen (secondary N) is 3. The lowest BCUT2D eigenvalue weighted by Gasteiger charge is -2.13. The van der Waals surface area contributed by atoms with E-state index in [1.54, 1.807) is 12.4 Å². The first-order valence-electron chi connectivity index (χ1n) is 11.9. The third-order valence-electron chi connectivity index (χ3n) is 5.79. The fourth-order valence-corrected chi connectivity index (χ4v) is 3.74. The number of nitrogens with zero attached hydrogens (tertiary/aromatic N) is 3. The molecule has 2 heterocycles. The Bertz CT molecular complexity index is 1360. The standard InChI is InChI=1S/C27H28N6O2/c1-17(2)14-28-24-25-29-15-23(18-8-10-19(11-9-18)26(34)30-21-12-13-21)33(25)16-22(32-24)27(35)31-20-6-4-3-5-7-20/h3-11,15-17,21H,12-14H2,1-2H3,(H,28,32)(H,30,34)(H,31,35). The van der Waals surface area contributed by atoms with E-state index in [0.717, 1.165) is 24.1 Å². The first-order valence-corrected chi connectivity index (χ1v) is 11.9. The van der Waals surface area contributed by atoms with E-state index in [0.29, 0.717) is 41.2 Å². The summed E-state index contributed by atoms with van der Waals surface area (Å²) in [5, 5.41) is 9.24. The number of hydrogen-bond donors (Lipinski definition) is 3. The van der Waals surface area contributed by atoms with Crippen molar-refractivity contribution in [3.05, 3.63) is 78.2 Å². The molecule has 35 heavy (non-hydrogen) atoms. The zero-order valence-electron chi connectivity index (χ0n) is 19.8. The molecule has 1 saturated carbocycles. The molecular formula is C27H28N6O2. The van der Waals surface area contributed by atoms with Crippen LogP contribution in [0.1, 0.15) is 47.5 Å². The van der Waals surface area contributed by atoms with Gasteiger partial charge in [0.2, 0.25) is 0 Å². The van der Waals surface area contributed by atoms with Crippen LogP contribution in [0.15, 0.2) is 67.0 Å². The van der Waals surface area contributed by atoms with Gasteiger partial charge in [-0.3, -0.25) is 14.0 Å². The van der Waals surface area contributed by atoms with Crippen molar-refractivity contribution in [2.24, 2.45) is 5.92 Å². The van der Waals surface area contributed by atoms with E-state index in [-0.39, 0.29) is 17.5 Å². The molecule has 1 aliphatic rings. The zero-order chi connectivity index (χ0) is 24.4. The van der Waals surface area contributed by atoms with Crippen LogP contribution in [0.3, 0.4) is 0 Å². The molecule has 3 N–H and O–H groups in total. The Morgan fingerprint density at radius 1 is 1.03 bits per heavy atom. The van der Waals surface area contributed by atoms with Gasteiger partial charge in [0.25, 0.3) is 11.8 Å². The molecular weight excluding hydrogens is 440 g/mol. The van der Waals surface area contributed by atoms with Gasteiger partial charge in [-0.15, -0.1) is 0 Å². The lowest BCUT2D eigenvalue weighted by atomic mass is 10.1. The number of hydrogen-bond acceptors (Lipinski definition) is 5. The molecule has 0 atom stereocenters. The summed E-state index contributed by atoms with van der Waals surface area (Å²) in [6.45, 7) is 4.90. The van der Waals surface area contributed by atoms with Crippen LogP contribution in [0.25, 0.3) is 16.9 Å². The predicted molar refractivity (Wildman–Crippen MR) is 137 cm³/mol. The molecule has 0 unspecified atom stereocenters. The molecule has 0 bridgehead atoms. The maximum atomic E-state index is 13.1. The Balaban J connectivity index is 1.49. The summed E-state index contributed by atoms with van der Waals surface area (Å²) in [5.41, 5.74) is 3.91. The zero-order valence-corrected chi connectivity index (χ0v) is 19.8. The number of para-hydroxylation sites is 1. The van der Waals surface area contributed by atoms with E-state index < -0.39 is 0 Å². The Morgan fingerprint density at radius 2 is 1.77 bits per heavy atom. The van der Waals surface area contributed by atoms with Crippen molar-refractivity contribution in [1.82, 2.24) is 19.7 Å². The highest BCUT2D eigenvalue weighted by atomic mass is 16.2. The van der Waals surface area contributed by atoms with Gasteiger partial charge in [-0.05, 0) is 43.0 Å². The molecule has 4 aromatic rings. The summed E-state index contributed by atoms with van der Waals surface area (Å²) < 4.78 is 1.87. The third-order valence-corrected chi connectivity index (χ3v) is 5.79. The second kappa shape index (κ2) is 9.58. The summed E-state index contributed by atoms with van der Waals surface area (Å²) in [6, 6.07) is 17.0. The average Bonchev–Trinajstić information content (AvgIpc) is 3.58. The van der Waals surface area contributed by atoms with Crippen LogP contribution >= 0.6 is 0 Å². The van der Waals surface area contributed by atoms with Gasteiger partial charge in [-0.25, -0.2) is 9.97 Å². The van der Waals surface area contributed by atoms with Crippen molar-refractivity contribution in [2.45, 2.75) is 32.7 Å². The SMILES string of the molecule is CC(C)CNc1nc(C(=O)Nc2ccccc2)cn2c(-c3ccc(C(=O)NC4CC4)cc3)cnc12. The van der Waals surface area contributed by atoms with Gasteiger partial charge in [0.1, 0.15) is 5.69 Å². The topological polar surface area (TPSA) is 100 Å². The summed E-state index contributed by atoms with van der Waals surface area (Å²) in [6.07, 6.45) is 5.56. The van der Waals surface area contributed by atoms with E-state index in [4.69, 9.17) is 0 Å². The van der Waals surface area contributed by atoms with Gasteiger partial charge in [0.05, 0.1) is 11.9 Å². The quantitative estimate of drug-likeness (QED) is 0.351. The van der Waals surface area contributed by atoms with Gasteiger partial charge in [0, 0.05) is 35.6 Å². The molecule has 2 aromatic heterocycles. The molecule has 0 aliphatic heterocycles. The Hall–Kier alpha value is -4.20. The summed E-state index contributed by atoms with van der Waals surface area (Å²) in [4.78, 5) is 34.6. The van der Waals surface area contributed by atoms with Crippen LogP contribution in [-0.2, 0) is 0 Å². The molecule has 1 fully saturated rings. The van der Waals surface area contributed by atoms with Crippen molar-refractivity contribution < 1.29 is 9.59 Å². The monoisotopic (exact) mass is 468 g/mol. The highest BCUT2D eigenvalue weighted by Gasteiger charge is 2.24. The lowest BCUT2D eigenvalue weighted by molar-refractivity contribution is 0.0950. The maximum absolute atomic E-state index is 13.1. The molecule has 178 valence electrons. The van der Waals surface area contributed by atoms with Gasteiger partial charge in [-0.2, -0.15) is 0 Å². The van der Waals surface area contributed by atoms with Gasteiger partial charge in [-0.1, -0.05) is 44.2 Å². The Labute approximate surface area is 203 Å². The van der Waals surface area contributed by atoms with Crippen molar-refractivity contribution in [3.63, 3.8) is 0 Å². The Kier molecular flexibility index (Phi) is 6.18. The number of benzene rings is 2. The normalized spacial score (nSPS) is 13.1. The minimum atomic E-state index is -0.308. The first-order chi connectivity index (χ1) is 17.0. The van der Waals surface area contributed by atoms with Crippen molar-refractivity contribution >= 4 is 29.0 Å². The van der Waals surface area contributed by atoms with E-state index in [9.17, 15) is 9.59 Å². The summed E-state index contributed by atoms with van der Waals surface area (Å²) in [5.74, 6) is 0.576. The fourth-order valence-electron chi connectivity index (χ4n) is 3.74. The number of rotatable bonds is 8.